The zero-order valence-corrected chi connectivity index (χ0v) is 13.6. The van der Waals surface area contributed by atoms with E-state index in [1.54, 1.807) is 48.2 Å². The molecule has 0 atom stereocenters. The first-order valence-corrected chi connectivity index (χ1v) is 9.27. The summed E-state index contributed by atoms with van der Waals surface area (Å²) >= 11 is 7.65. The molecule has 2 aromatic rings. The maximum absolute atomic E-state index is 11.4. The molecule has 0 unspecified atom stereocenters. The summed E-state index contributed by atoms with van der Waals surface area (Å²) in [5.74, 6) is 0.676. The van der Waals surface area contributed by atoms with E-state index >= 15 is 0 Å². The highest BCUT2D eigenvalue weighted by Gasteiger charge is 2.07. The van der Waals surface area contributed by atoms with Gasteiger partial charge in [0, 0.05) is 16.9 Å². The minimum absolute atomic E-state index is 0.313. The Labute approximate surface area is 133 Å². The second-order valence-corrected chi connectivity index (χ2v) is 7.90. The van der Waals surface area contributed by atoms with Crippen LogP contribution in [0, 0.1) is 11.3 Å². The van der Waals surface area contributed by atoms with Gasteiger partial charge in [-0.15, -0.1) is 11.8 Å². The van der Waals surface area contributed by atoms with E-state index in [0.29, 0.717) is 21.2 Å². The fourth-order valence-electron chi connectivity index (χ4n) is 1.68. The Morgan fingerprint density at radius 3 is 2.38 bits per heavy atom. The Hall–Kier alpha value is -1.48. The van der Waals surface area contributed by atoms with E-state index in [9.17, 15) is 8.42 Å². The lowest BCUT2D eigenvalue weighted by Gasteiger charge is -2.05. The van der Waals surface area contributed by atoms with Crippen molar-refractivity contribution in [3.05, 3.63) is 58.6 Å². The molecule has 0 N–H and O–H groups in total. The molecule has 0 aliphatic rings. The van der Waals surface area contributed by atoms with Gasteiger partial charge in [0.2, 0.25) is 0 Å². The van der Waals surface area contributed by atoms with E-state index < -0.39 is 9.84 Å². The number of sulfone groups is 1. The maximum atomic E-state index is 11.4. The molecule has 2 rings (SSSR count). The van der Waals surface area contributed by atoms with Gasteiger partial charge < -0.3 is 0 Å². The van der Waals surface area contributed by atoms with E-state index in [2.05, 4.69) is 0 Å². The molecular weight excluding hydrogens is 326 g/mol. The molecule has 0 aromatic heterocycles. The predicted octanol–water partition coefficient (Wildman–Crippen LogP) is 3.91. The Kier molecular flexibility index (Phi) is 4.94. The molecule has 0 fully saturated rings. The van der Waals surface area contributed by atoms with Crippen molar-refractivity contribution in [1.82, 2.24) is 0 Å². The van der Waals surface area contributed by atoms with Gasteiger partial charge in [-0.1, -0.05) is 23.7 Å². The minimum Gasteiger partial charge on any atom is -0.224 e. The van der Waals surface area contributed by atoms with Crippen LogP contribution in [-0.4, -0.2) is 14.7 Å². The Balaban J connectivity index is 2.09. The first kappa shape index (κ1) is 15.9. The van der Waals surface area contributed by atoms with E-state index in [-0.39, 0.29) is 0 Å². The molecule has 0 radical (unpaired) electrons. The van der Waals surface area contributed by atoms with Crippen molar-refractivity contribution >= 4 is 33.2 Å². The molecule has 0 bridgehead atoms. The van der Waals surface area contributed by atoms with Crippen LogP contribution < -0.4 is 0 Å². The molecule has 0 saturated heterocycles. The van der Waals surface area contributed by atoms with Crippen LogP contribution in [-0.2, 0) is 15.6 Å². The minimum atomic E-state index is -3.16. The van der Waals surface area contributed by atoms with Gasteiger partial charge in [-0.3, -0.25) is 0 Å². The van der Waals surface area contributed by atoms with Crippen LogP contribution in [0.5, 0.6) is 0 Å². The lowest BCUT2D eigenvalue weighted by Crippen LogP contribution is -1.96. The highest BCUT2D eigenvalue weighted by atomic mass is 35.5. The summed E-state index contributed by atoms with van der Waals surface area (Å²) in [4.78, 5) is 1.20. The SMILES string of the molecule is CS(=O)(=O)c1ccc(CSc2ccc(C#N)cc2Cl)cc1. The van der Waals surface area contributed by atoms with Crippen molar-refractivity contribution in [2.24, 2.45) is 0 Å². The molecule has 0 saturated carbocycles. The van der Waals surface area contributed by atoms with E-state index in [1.165, 1.54) is 6.26 Å². The zero-order chi connectivity index (χ0) is 15.5. The van der Waals surface area contributed by atoms with Crippen LogP contribution in [0.1, 0.15) is 11.1 Å². The van der Waals surface area contributed by atoms with Gasteiger partial charge in [0.15, 0.2) is 9.84 Å². The molecule has 6 heteroatoms. The Morgan fingerprint density at radius 2 is 1.86 bits per heavy atom. The Morgan fingerprint density at radius 1 is 1.19 bits per heavy atom. The lowest BCUT2D eigenvalue weighted by atomic mass is 10.2. The van der Waals surface area contributed by atoms with Crippen LogP contribution in [0.25, 0.3) is 0 Å². The van der Waals surface area contributed by atoms with Crippen molar-refractivity contribution in [2.75, 3.05) is 6.26 Å². The molecule has 2 aromatic carbocycles. The van der Waals surface area contributed by atoms with E-state index in [0.717, 1.165) is 10.5 Å². The average molecular weight is 338 g/mol. The summed E-state index contributed by atoms with van der Waals surface area (Å²) in [6, 6.07) is 14.0. The van der Waals surface area contributed by atoms with Crippen LogP contribution in [0.15, 0.2) is 52.3 Å². The van der Waals surface area contributed by atoms with Gasteiger partial charge in [0.05, 0.1) is 21.6 Å². The number of nitrogens with zero attached hydrogens (tertiary/aromatic N) is 1. The van der Waals surface area contributed by atoms with Gasteiger partial charge >= 0.3 is 0 Å². The van der Waals surface area contributed by atoms with Crippen LogP contribution in [0.3, 0.4) is 0 Å². The predicted molar refractivity (Wildman–Crippen MR) is 85.3 cm³/mol. The van der Waals surface area contributed by atoms with E-state index in [1.807, 2.05) is 12.1 Å². The monoisotopic (exact) mass is 337 g/mol. The van der Waals surface area contributed by atoms with Gasteiger partial charge in [-0.2, -0.15) is 5.26 Å². The fraction of sp³-hybridized carbons (Fsp3) is 0.133. The first-order valence-electron chi connectivity index (χ1n) is 6.01. The maximum Gasteiger partial charge on any atom is 0.175 e. The zero-order valence-electron chi connectivity index (χ0n) is 11.2. The van der Waals surface area contributed by atoms with E-state index in [4.69, 9.17) is 16.9 Å². The molecule has 0 spiro atoms. The molecule has 0 aliphatic carbocycles. The highest BCUT2D eigenvalue weighted by molar-refractivity contribution is 7.98. The van der Waals surface area contributed by atoms with Gasteiger partial charge in [-0.25, -0.2) is 8.42 Å². The molecule has 21 heavy (non-hydrogen) atoms. The van der Waals surface area contributed by atoms with Crippen LogP contribution in [0.2, 0.25) is 5.02 Å². The van der Waals surface area contributed by atoms with Crippen LogP contribution >= 0.6 is 23.4 Å². The van der Waals surface area contributed by atoms with Crippen molar-refractivity contribution in [3.63, 3.8) is 0 Å². The summed E-state index contributed by atoms with van der Waals surface area (Å²) in [5.41, 5.74) is 1.54. The summed E-state index contributed by atoms with van der Waals surface area (Å²) in [6.07, 6.45) is 1.19. The Bertz CT molecular complexity index is 793. The van der Waals surface area contributed by atoms with Crippen molar-refractivity contribution in [2.45, 2.75) is 15.5 Å². The quantitative estimate of drug-likeness (QED) is 0.794. The number of thioether (sulfide) groups is 1. The lowest BCUT2D eigenvalue weighted by molar-refractivity contribution is 0.602. The second-order valence-electron chi connectivity index (χ2n) is 4.46. The van der Waals surface area contributed by atoms with Gasteiger partial charge in [0.1, 0.15) is 0 Å². The summed E-state index contributed by atoms with van der Waals surface area (Å²) in [5, 5.41) is 9.34. The van der Waals surface area contributed by atoms with Gasteiger partial charge in [-0.05, 0) is 35.9 Å². The molecule has 0 amide bonds. The summed E-state index contributed by atoms with van der Waals surface area (Å²) in [7, 11) is -3.16. The standard InChI is InChI=1S/C15H12ClNO2S2/c1-21(18,19)13-5-2-11(3-6-13)10-20-15-7-4-12(9-17)8-14(15)16/h2-8H,10H2,1H3. The topological polar surface area (TPSA) is 57.9 Å². The first-order chi connectivity index (χ1) is 9.90. The third-order valence-electron chi connectivity index (χ3n) is 2.81. The third kappa shape index (κ3) is 4.24. The van der Waals surface area contributed by atoms with Gasteiger partial charge in [0.25, 0.3) is 0 Å². The normalized spacial score (nSPS) is 11.1. The molecule has 0 aliphatic heterocycles. The summed E-state index contributed by atoms with van der Waals surface area (Å²) < 4.78 is 22.8. The number of rotatable bonds is 4. The summed E-state index contributed by atoms with van der Waals surface area (Å²) in [6.45, 7) is 0. The smallest absolute Gasteiger partial charge is 0.175 e. The largest absolute Gasteiger partial charge is 0.224 e. The fourth-order valence-corrected chi connectivity index (χ4v) is 3.53. The highest BCUT2D eigenvalue weighted by Crippen LogP contribution is 2.30. The molecular formula is C15H12ClNO2S2. The number of halogens is 1. The third-order valence-corrected chi connectivity index (χ3v) is 5.50. The van der Waals surface area contributed by atoms with Crippen LogP contribution in [0.4, 0.5) is 0 Å². The average Bonchev–Trinajstić information content (AvgIpc) is 2.45. The molecule has 108 valence electrons. The molecule has 0 heterocycles. The van der Waals surface area contributed by atoms with Crippen molar-refractivity contribution in [3.8, 4) is 6.07 Å². The molecule has 3 nitrogen and oxygen atoms in total. The number of benzene rings is 2. The van der Waals surface area contributed by atoms with Crippen molar-refractivity contribution < 1.29 is 8.42 Å². The second kappa shape index (κ2) is 6.52. The number of hydrogen-bond donors (Lipinski definition) is 0. The number of hydrogen-bond acceptors (Lipinski definition) is 4. The van der Waals surface area contributed by atoms with Crippen molar-refractivity contribution in [1.29, 1.82) is 5.26 Å². The number of nitriles is 1.